The predicted molar refractivity (Wildman–Crippen MR) is 52.7 cm³/mol. The van der Waals surface area contributed by atoms with Crippen molar-refractivity contribution < 1.29 is 17.6 Å². The highest BCUT2D eigenvalue weighted by Crippen LogP contribution is 2.34. The van der Waals surface area contributed by atoms with Gasteiger partial charge >= 0.3 is 6.18 Å². The molecule has 0 fully saturated rings. The summed E-state index contributed by atoms with van der Waals surface area (Å²) in [7, 11) is 0. The molecule has 0 saturated heterocycles. The molecule has 0 spiro atoms. The number of hydrogen-bond donors (Lipinski definition) is 0. The van der Waals surface area contributed by atoms with Crippen molar-refractivity contribution in [3.63, 3.8) is 0 Å². The summed E-state index contributed by atoms with van der Waals surface area (Å²) in [6.07, 6.45) is -3.82. The summed E-state index contributed by atoms with van der Waals surface area (Å²) in [6.45, 7) is 4.88. The van der Waals surface area contributed by atoms with Crippen LogP contribution in [0.4, 0.5) is 17.6 Å². The first-order valence-electron chi connectivity index (χ1n) is 5.03. The first-order chi connectivity index (χ1) is 7.29. The summed E-state index contributed by atoms with van der Waals surface area (Å²) < 4.78 is 51.4. The molecule has 1 heterocycles. The van der Waals surface area contributed by atoms with E-state index in [1.807, 2.05) is 0 Å². The Hall–Kier alpha value is -1.13. The molecule has 0 unspecified atom stereocenters. The van der Waals surface area contributed by atoms with E-state index >= 15 is 0 Å². The zero-order chi connectivity index (χ0) is 12.5. The number of aromatic nitrogens is 1. The Morgan fingerprint density at radius 1 is 1.31 bits per heavy atom. The Kier molecular flexibility index (Phi) is 3.55. The van der Waals surface area contributed by atoms with Crippen molar-refractivity contribution in [2.75, 3.05) is 0 Å². The van der Waals surface area contributed by atoms with Gasteiger partial charge in [-0.2, -0.15) is 13.2 Å². The van der Waals surface area contributed by atoms with Gasteiger partial charge in [0.1, 0.15) is 5.82 Å². The minimum absolute atomic E-state index is 0.00289. The van der Waals surface area contributed by atoms with Crippen molar-refractivity contribution >= 4 is 0 Å². The lowest BCUT2D eigenvalue weighted by molar-refractivity contribution is -0.138. The van der Waals surface area contributed by atoms with Gasteiger partial charge in [0.25, 0.3) is 0 Å². The second-order valence-electron chi connectivity index (χ2n) is 3.86. The largest absolute Gasteiger partial charge is 0.418 e. The van der Waals surface area contributed by atoms with Crippen molar-refractivity contribution in [3.8, 4) is 0 Å². The number of rotatable bonds is 2. The third kappa shape index (κ3) is 2.33. The average molecular weight is 235 g/mol. The zero-order valence-corrected chi connectivity index (χ0v) is 9.32. The lowest BCUT2D eigenvalue weighted by Crippen LogP contribution is -2.14. The summed E-state index contributed by atoms with van der Waals surface area (Å²) in [6, 6.07) is 0. The van der Waals surface area contributed by atoms with E-state index in [0.29, 0.717) is 0 Å². The van der Waals surface area contributed by atoms with Crippen LogP contribution in [0, 0.1) is 5.82 Å². The van der Waals surface area contributed by atoms with Gasteiger partial charge in [0, 0.05) is 11.8 Å². The highest BCUT2D eigenvalue weighted by Gasteiger charge is 2.35. The first-order valence-corrected chi connectivity index (χ1v) is 5.03. The number of alkyl halides is 3. The number of nitrogens with zero attached hydrogens (tertiary/aromatic N) is 1. The van der Waals surface area contributed by atoms with Crippen LogP contribution in [0.15, 0.2) is 6.20 Å². The van der Waals surface area contributed by atoms with E-state index in [1.165, 1.54) is 6.92 Å². The summed E-state index contributed by atoms with van der Waals surface area (Å²) in [5.74, 6) is -1.06. The molecule has 1 nitrogen and oxygen atoms in total. The highest BCUT2D eigenvalue weighted by atomic mass is 19.4. The lowest BCUT2D eigenvalue weighted by atomic mass is 10.0. The second kappa shape index (κ2) is 4.39. The SMILES string of the molecule is CCc1c(C(F)(F)F)cnc(C(C)C)c1F. The number of hydrogen-bond acceptors (Lipinski definition) is 1. The van der Waals surface area contributed by atoms with Crippen LogP contribution in [-0.4, -0.2) is 4.98 Å². The van der Waals surface area contributed by atoms with Gasteiger partial charge in [-0.1, -0.05) is 20.8 Å². The molecule has 0 atom stereocenters. The maximum atomic E-state index is 13.8. The zero-order valence-electron chi connectivity index (χ0n) is 9.32. The molecule has 1 aromatic rings. The van der Waals surface area contributed by atoms with E-state index in [0.717, 1.165) is 6.20 Å². The Morgan fingerprint density at radius 3 is 2.25 bits per heavy atom. The molecular weight excluding hydrogens is 222 g/mol. The van der Waals surface area contributed by atoms with Crippen LogP contribution in [0.1, 0.15) is 43.5 Å². The second-order valence-corrected chi connectivity index (χ2v) is 3.86. The standard InChI is InChI=1S/C11H13F4N/c1-4-7-8(11(13,14)15)5-16-10(6(2)3)9(7)12/h5-6H,4H2,1-3H3. The molecule has 0 N–H and O–H groups in total. The number of halogens is 4. The summed E-state index contributed by atoms with van der Waals surface area (Å²) in [5.41, 5.74) is -1.19. The van der Waals surface area contributed by atoms with E-state index in [-0.39, 0.29) is 23.6 Å². The van der Waals surface area contributed by atoms with Gasteiger partial charge in [-0.25, -0.2) is 4.39 Å². The molecule has 0 bridgehead atoms. The molecule has 0 radical (unpaired) electrons. The molecule has 0 aliphatic carbocycles. The monoisotopic (exact) mass is 235 g/mol. The fraction of sp³-hybridized carbons (Fsp3) is 0.545. The van der Waals surface area contributed by atoms with Gasteiger partial charge < -0.3 is 0 Å². The molecule has 5 heteroatoms. The summed E-state index contributed by atoms with van der Waals surface area (Å²) in [5, 5.41) is 0. The Bertz CT molecular complexity index is 382. The quantitative estimate of drug-likeness (QED) is 0.708. The first kappa shape index (κ1) is 12.9. The fourth-order valence-corrected chi connectivity index (χ4v) is 1.53. The third-order valence-electron chi connectivity index (χ3n) is 2.35. The van der Waals surface area contributed by atoms with Crippen molar-refractivity contribution in [2.24, 2.45) is 0 Å². The van der Waals surface area contributed by atoms with Crippen LogP contribution in [0.2, 0.25) is 0 Å². The van der Waals surface area contributed by atoms with Gasteiger partial charge in [0.2, 0.25) is 0 Å². The predicted octanol–water partition coefficient (Wildman–Crippen LogP) is 3.93. The van der Waals surface area contributed by atoms with Crippen molar-refractivity contribution in [2.45, 2.75) is 39.3 Å². The van der Waals surface area contributed by atoms with Crippen LogP contribution in [-0.2, 0) is 12.6 Å². The minimum Gasteiger partial charge on any atom is -0.257 e. The smallest absolute Gasteiger partial charge is 0.257 e. The van der Waals surface area contributed by atoms with Gasteiger partial charge in [-0.05, 0) is 12.3 Å². The van der Waals surface area contributed by atoms with Crippen LogP contribution < -0.4 is 0 Å². The van der Waals surface area contributed by atoms with Crippen LogP contribution in [0.3, 0.4) is 0 Å². The van der Waals surface area contributed by atoms with E-state index in [1.54, 1.807) is 13.8 Å². The summed E-state index contributed by atoms with van der Waals surface area (Å²) in [4.78, 5) is 3.56. The molecular formula is C11H13F4N. The molecule has 0 aliphatic rings. The van der Waals surface area contributed by atoms with Gasteiger partial charge in [0.05, 0.1) is 11.3 Å². The highest BCUT2D eigenvalue weighted by molar-refractivity contribution is 5.32. The molecule has 0 aliphatic heterocycles. The molecule has 0 saturated carbocycles. The fourth-order valence-electron chi connectivity index (χ4n) is 1.53. The van der Waals surface area contributed by atoms with Crippen molar-refractivity contribution in [1.29, 1.82) is 0 Å². The van der Waals surface area contributed by atoms with Gasteiger partial charge in [-0.15, -0.1) is 0 Å². The maximum Gasteiger partial charge on any atom is 0.418 e. The molecule has 1 rings (SSSR count). The topological polar surface area (TPSA) is 12.9 Å². The van der Waals surface area contributed by atoms with Crippen molar-refractivity contribution in [1.82, 2.24) is 4.98 Å². The number of pyridine rings is 1. The van der Waals surface area contributed by atoms with E-state index in [9.17, 15) is 17.6 Å². The Morgan fingerprint density at radius 2 is 1.88 bits per heavy atom. The molecule has 1 aromatic heterocycles. The molecule has 90 valence electrons. The van der Waals surface area contributed by atoms with E-state index < -0.39 is 17.6 Å². The van der Waals surface area contributed by atoms with E-state index in [2.05, 4.69) is 4.98 Å². The third-order valence-corrected chi connectivity index (χ3v) is 2.35. The molecule has 16 heavy (non-hydrogen) atoms. The summed E-state index contributed by atoms with van der Waals surface area (Å²) >= 11 is 0. The van der Waals surface area contributed by atoms with Crippen LogP contribution >= 0.6 is 0 Å². The Balaban J connectivity index is 3.41. The molecule has 0 aromatic carbocycles. The van der Waals surface area contributed by atoms with Crippen LogP contribution in [0.25, 0.3) is 0 Å². The van der Waals surface area contributed by atoms with Crippen LogP contribution in [0.5, 0.6) is 0 Å². The molecule has 0 amide bonds. The van der Waals surface area contributed by atoms with E-state index in [4.69, 9.17) is 0 Å². The van der Waals surface area contributed by atoms with Gasteiger partial charge in [-0.3, -0.25) is 4.98 Å². The minimum atomic E-state index is -4.55. The average Bonchev–Trinajstić information content (AvgIpc) is 2.15. The Labute approximate surface area is 91.5 Å². The normalized spacial score (nSPS) is 12.2. The maximum absolute atomic E-state index is 13.8. The van der Waals surface area contributed by atoms with Gasteiger partial charge in [0.15, 0.2) is 0 Å². The lowest BCUT2D eigenvalue weighted by Gasteiger charge is -2.15. The van der Waals surface area contributed by atoms with Crippen molar-refractivity contribution in [3.05, 3.63) is 28.8 Å².